The summed E-state index contributed by atoms with van der Waals surface area (Å²) in [6.45, 7) is 4.90. The van der Waals surface area contributed by atoms with E-state index in [-0.39, 0.29) is 0 Å². The van der Waals surface area contributed by atoms with Crippen LogP contribution in [0.5, 0.6) is 0 Å². The summed E-state index contributed by atoms with van der Waals surface area (Å²) < 4.78 is 5.70. The van der Waals surface area contributed by atoms with E-state index in [9.17, 15) is 0 Å². The van der Waals surface area contributed by atoms with Crippen LogP contribution in [0.3, 0.4) is 0 Å². The monoisotopic (exact) mass is 225 g/mol. The highest BCUT2D eigenvalue weighted by atomic mass is 32.1. The first-order valence-electron chi connectivity index (χ1n) is 5.60. The van der Waals surface area contributed by atoms with Crippen LogP contribution in [0.2, 0.25) is 0 Å². The molecule has 0 amide bonds. The number of aryl methyl sites for hydroxylation is 1. The average molecular weight is 225 g/mol. The van der Waals surface area contributed by atoms with Crippen LogP contribution in [-0.4, -0.2) is 13.7 Å². The van der Waals surface area contributed by atoms with Gasteiger partial charge in [-0.05, 0) is 44.4 Å². The van der Waals surface area contributed by atoms with Crippen molar-refractivity contribution in [3.8, 4) is 0 Å². The second-order valence-corrected chi connectivity index (χ2v) is 5.62. The summed E-state index contributed by atoms with van der Waals surface area (Å²) in [5.74, 6) is 0.862. The van der Waals surface area contributed by atoms with E-state index >= 15 is 0 Å². The zero-order valence-corrected chi connectivity index (χ0v) is 10.3. The highest BCUT2D eigenvalue weighted by Gasteiger charge is 2.21. The standard InChI is InChI=1S/C12H19NOS/c1-9-11(5-12(15-9)6-13-2)8-14-7-10-3-4-10/h5,10,13H,3-4,6-8H2,1-2H3. The summed E-state index contributed by atoms with van der Waals surface area (Å²) in [5.41, 5.74) is 1.37. The molecule has 1 saturated carbocycles. The van der Waals surface area contributed by atoms with E-state index in [0.717, 1.165) is 25.7 Å². The highest BCUT2D eigenvalue weighted by molar-refractivity contribution is 7.12. The molecule has 0 radical (unpaired) electrons. The largest absolute Gasteiger partial charge is 0.376 e. The molecule has 3 heteroatoms. The van der Waals surface area contributed by atoms with Crippen LogP contribution in [0.1, 0.15) is 28.2 Å². The van der Waals surface area contributed by atoms with Gasteiger partial charge in [-0.2, -0.15) is 0 Å². The van der Waals surface area contributed by atoms with Crippen LogP contribution < -0.4 is 5.32 Å². The SMILES string of the molecule is CNCc1cc(COCC2CC2)c(C)s1. The van der Waals surface area contributed by atoms with Gasteiger partial charge in [0.2, 0.25) is 0 Å². The molecule has 0 bridgehead atoms. The third kappa shape index (κ3) is 3.30. The normalized spacial score (nSPS) is 15.9. The summed E-state index contributed by atoms with van der Waals surface area (Å²) in [7, 11) is 1.98. The van der Waals surface area contributed by atoms with Crippen LogP contribution in [0.25, 0.3) is 0 Å². The lowest BCUT2D eigenvalue weighted by Crippen LogP contribution is -2.02. The lowest BCUT2D eigenvalue weighted by Gasteiger charge is -2.01. The van der Waals surface area contributed by atoms with Crippen molar-refractivity contribution < 1.29 is 4.74 Å². The molecule has 2 nitrogen and oxygen atoms in total. The summed E-state index contributed by atoms with van der Waals surface area (Å²) in [5, 5.41) is 3.18. The van der Waals surface area contributed by atoms with Crippen molar-refractivity contribution in [3.05, 3.63) is 21.4 Å². The Kier molecular flexibility index (Phi) is 3.78. The molecule has 0 atom stereocenters. The van der Waals surface area contributed by atoms with Crippen molar-refractivity contribution in [2.24, 2.45) is 5.92 Å². The highest BCUT2D eigenvalue weighted by Crippen LogP contribution is 2.29. The first-order chi connectivity index (χ1) is 7.29. The van der Waals surface area contributed by atoms with Gasteiger partial charge in [-0.15, -0.1) is 11.3 Å². The molecule has 1 N–H and O–H groups in total. The van der Waals surface area contributed by atoms with Crippen LogP contribution in [-0.2, 0) is 17.9 Å². The molecule has 0 unspecified atom stereocenters. The third-order valence-corrected chi connectivity index (χ3v) is 3.82. The molecule has 0 aliphatic heterocycles. The maximum atomic E-state index is 5.70. The molecule has 0 saturated heterocycles. The fourth-order valence-corrected chi connectivity index (χ4v) is 2.67. The molecule has 1 fully saturated rings. The van der Waals surface area contributed by atoms with E-state index in [0.29, 0.717) is 0 Å². The number of hydrogen-bond donors (Lipinski definition) is 1. The van der Waals surface area contributed by atoms with Gasteiger partial charge in [0.1, 0.15) is 0 Å². The van der Waals surface area contributed by atoms with Crippen molar-refractivity contribution >= 4 is 11.3 Å². The number of nitrogens with one attached hydrogen (secondary N) is 1. The Bertz CT molecular complexity index is 317. The molecule has 0 spiro atoms. The smallest absolute Gasteiger partial charge is 0.0727 e. The fraction of sp³-hybridized carbons (Fsp3) is 0.667. The van der Waals surface area contributed by atoms with Gasteiger partial charge in [-0.3, -0.25) is 0 Å². The lowest BCUT2D eigenvalue weighted by atomic mass is 10.2. The molecule has 15 heavy (non-hydrogen) atoms. The molecule has 1 aliphatic rings. The number of rotatable bonds is 6. The van der Waals surface area contributed by atoms with E-state index in [1.165, 1.54) is 28.2 Å². The molecule has 1 aromatic heterocycles. The van der Waals surface area contributed by atoms with Crippen molar-refractivity contribution in [3.63, 3.8) is 0 Å². The third-order valence-electron chi connectivity index (χ3n) is 2.73. The lowest BCUT2D eigenvalue weighted by molar-refractivity contribution is 0.111. The number of thiophene rings is 1. The van der Waals surface area contributed by atoms with Gasteiger partial charge in [-0.25, -0.2) is 0 Å². The molecular formula is C12H19NOS. The molecule has 84 valence electrons. The van der Waals surface area contributed by atoms with Gasteiger partial charge >= 0.3 is 0 Å². The number of ether oxygens (including phenoxy) is 1. The number of hydrogen-bond acceptors (Lipinski definition) is 3. The molecule has 1 aliphatic carbocycles. The minimum atomic E-state index is 0.794. The van der Waals surface area contributed by atoms with Crippen molar-refractivity contribution in [1.29, 1.82) is 0 Å². The summed E-state index contributed by atoms with van der Waals surface area (Å²) >= 11 is 1.87. The van der Waals surface area contributed by atoms with Gasteiger partial charge < -0.3 is 10.1 Å². The minimum absolute atomic E-state index is 0.794. The summed E-state index contributed by atoms with van der Waals surface area (Å²) in [6.07, 6.45) is 2.74. The Hall–Kier alpha value is -0.380. The van der Waals surface area contributed by atoms with Crippen molar-refractivity contribution in [2.45, 2.75) is 32.9 Å². The van der Waals surface area contributed by atoms with E-state index in [2.05, 4.69) is 18.3 Å². The Morgan fingerprint density at radius 3 is 3.00 bits per heavy atom. The van der Waals surface area contributed by atoms with Crippen LogP contribution >= 0.6 is 11.3 Å². The van der Waals surface area contributed by atoms with E-state index in [4.69, 9.17) is 4.74 Å². The second-order valence-electron chi connectivity index (χ2n) is 4.28. The van der Waals surface area contributed by atoms with E-state index < -0.39 is 0 Å². The minimum Gasteiger partial charge on any atom is -0.376 e. The Morgan fingerprint density at radius 1 is 1.53 bits per heavy atom. The van der Waals surface area contributed by atoms with Gasteiger partial charge in [-0.1, -0.05) is 0 Å². The van der Waals surface area contributed by atoms with Crippen LogP contribution in [0.15, 0.2) is 6.07 Å². The molecule has 2 rings (SSSR count). The van der Waals surface area contributed by atoms with Crippen molar-refractivity contribution in [1.82, 2.24) is 5.32 Å². The molecular weight excluding hydrogens is 206 g/mol. The second kappa shape index (κ2) is 5.10. The van der Waals surface area contributed by atoms with Crippen molar-refractivity contribution in [2.75, 3.05) is 13.7 Å². The van der Waals surface area contributed by atoms with Crippen LogP contribution in [0, 0.1) is 12.8 Å². The summed E-state index contributed by atoms with van der Waals surface area (Å²) in [6, 6.07) is 2.27. The van der Waals surface area contributed by atoms with Gasteiger partial charge in [0, 0.05) is 22.9 Å². The Balaban J connectivity index is 1.82. The van der Waals surface area contributed by atoms with E-state index in [1.807, 2.05) is 18.4 Å². The Morgan fingerprint density at radius 2 is 2.33 bits per heavy atom. The predicted octanol–water partition coefficient (Wildman–Crippen LogP) is 2.70. The van der Waals surface area contributed by atoms with Gasteiger partial charge in [0.25, 0.3) is 0 Å². The topological polar surface area (TPSA) is 21.3 Å². The van der Waals surface area contributed by atoms with Gasteiger partial charge in [0.15, 0.2) is 0 Å². The zero-order chi connectivity index (χ0) is 10.7. The average Bonchev–Trinajstić information content (AvgIpc) is 2.94. The molecule has 0 aromatic carbocycles. The fourth-order valence-electron chi connectivity index (χ4n) is 1.61. The van der Waals surface area contributed by atoms with E-state index in [1.54, 1.807) is 0 Å². The molecule has 1 aromatic rings. The maximum Gasteiger partial charge on any atom is 0.0727 e. The molecule has 1 heterocycles. The quantitative estimate of drug-likeness (QED) is 0.803. The predicted molar refractivity (Wildman–Crippen MR) is 64.2 cm³/mol. The zero-order valence-electron chi connectivity index (χ0n) is 9.51. The first-order valence-corrected chi connectivity index (χ1v) is 6.41. The van der Waals surface area contributed by atoms with Gasteiger partial charge in [0.05, 0.1) is 6.61 Å². The first kappa shape index (κ1) is 11.1. The maximum absolute atomic E-state index is 5.70. The summed E-state index contributed by atoms with van der Waals surface area (Å²) in [4.78, 5) is 2.80. The van der Waals surface area contributed by atoms with Crippen LogP contribution in [0.4, 0.5) is 0 Å². The Labute approximate surface area is 95.6 Å².